The number of aromatic amines is 1. The molecule has 268 valence electrons. The van der Waals surface area contributed by atoms with Crippen molar-refractivity contribution < 1.29 is 24.2 Å². The van der Waals surface area contributed by atoms with Gasteiger partial charge in [0.05, 0.1) is 11.8 Å². The van der Waals surface area contributed by atoms with E-state index in [0.29, 0.717) is 47.7 Å². The molecule has 6 aromatic rings. The van der Waals surface area contributed by atoms with Crippen LogP contribution in [-0.4, -0.2) is 67.0 Å². The number of nitrogens with zero attached hydrogens (tertiary/aromatic N) is 5. The summed E-state index contributed by atoms with van der Waals surface area (Å²) in [7, 11) is 3.61. The predicted octanol–water partition coefficient (Wildman–Crippen LogP) is 7.00. The number of aromatic nitrogens is 3. The highest BCUT2D eigenvalue weighted by atomic mass is 16.6. The van der Waals surface area contributed by atoms with Gasteiger partial charge in [-0.15, -0.1) is 0 Å². The molecule has 0 saturated carbocycles. The van der Waals surface area contributed by atoms with Crippen molar-refractivity contribution in [2.24, 2.45) is 7.05 Å². The van der Waals surface area contributed by atoms with Crippen LogP contribution in [0.25, 0.3) is 22.3 Å². The molecule has 0 unspecified atom stereocenters. The molecule has 3 amide bonds. The van der Waals surface area contributed by atoms with E-state index in [9.17, 15) is 19.5 Å². The van der Waals surface area contributed by atoms with Crippen molar-refractivity contribution in [1.29, 1.82) is 0 Å². The molecule has 0 spiro atoms. The molecule has 0 aliphatic carbocycles. The molecule has 0 fully saturated rings. The number of hydrogen-bond acceptors (Lipinski definition) is 6. The highest BCUT2D eigenvalue weighted by Crippen LogP contribution is 2.36. The van der Waals surface area contributed by atoms with Crippen LogP contribution in [0.3, 0.4) is 0 Å². The van der Waals surface area contributed by atoms with Crippen molar-refractivity contribution in [2.45, 2.75) is 45.8 Å². The van der Waals surface area contributed by atoms with E-state index in [2.05, 4.69) is 35.1 Å². The third kappa shape index (κ3) is 6.18. The number of ether oxygens (including phenoxy) is 1. The highest BCUT2D eigenvalue weighted by Gasteiger charge is 2.32. The molecular formula is C42H40N6O5. The molecule has 8 rings (SSSR count). The summed E-state index contributed by atoms with van der Waals surface area (Å²) in [5.74, 6) is 0.167. The number of phenolic OH excluding ortho intramolecular Hbond substituents is 1. The summed E-state index contributed by atoms with van der Waals surface area (Å²) in [5, 5.41) is 10.6. The Morgan fingerprint density at radius 3 is 2.49 bits per heavy atom. The fourth-order valence-corrected chi connectivity index (χ4v) is 7.55. The number of carbonyl (C=O) groups excluding carboxylic acids is 3. The molecule has 2 aliphatic heterocycles. The van der Waals surface area contributed by atoms with E-state index in [-0.39, 0.29) is 30.2 Å². The molecule has 3 aromatic carbocycles. The van der Waals surface area contributed by atoms with E-state index < -0.39 is 6.09 Å². The zero-order valence-electron chi connectivity index (χ0n) is 30.1. The number of anilines is 1. The molecule has 3 aromatic heterocycles. The Morgan fingerprint density at radius 2 is 1.70 bits per heavy atom. The van der Waals surface area contributed by atoms with Crippen molar-refractivity contribution >= 4 is 34.6 Å². The summed E-state index contributed by atoms with van der Waals surface area (Å²) in [6.45, 7) is 5.17. The summed E-state index contributed by atoms with van der Waals surface area (Å²) in [6.07, 6.45) is 4.14. The van der Waals surface area contributed by atoms with E-state index >= 15 is 0 Å². The maximum atomic E-state index is 14.8. The van der Waals surface area contributed by atoms with E-state index in [1.807, 2.05) is 53.8 Å². The zero-order valence-corrected chi connectivity index (χ0v) is 30.1. The molecule has 2 aliphatic rings. The van der Waals surface area contributed by atoms with Gasteiger partial charge >= 0.3 is 6.09 Å². The first-order valence-corrected chi connectivity index (χ1v) is 17.7. The van der Waals surface area contributed by atoms with Gasteiger partial charge in [-0.3, -0.25) is 9.59 Å². The van der Waals surface area contributed by atoms with Gasteiger partial charge in [0.25, 0.3) is 11.8 Å². The lowest BCUT2D eigenvalue weighted by Gasteiger charge is -2.36. The Bertz CT molecular complexity index is 2410. The number of carbonyl (C=O) groups is 3. The van der Waals surface area contributed by atoms with E-state index in [1.54, 1.807) is 53.4 Å². The molecule has 1 atom stereocenters. The van der Waals surface area contributed by atoms with Gasteiger partial charge in [-0.25, -0.2) is 9.78 Å². The molecule has 0 radical (unpaired) electrons. The fraction of sp³-hybridized carbons (Fsp3) is 0.238. The number of nitrogens with one attached hydrogen (secondary N) is 1. The first-order chi connectivity index (χ1) is 25.5. The second kappa shape index (κ2) is 13.3. The average molecular weight is 709 g/mol. The number of benzene rings is 3. The van der Waals surface area contributed by atoms with Crippen LogP contribution in [0, 0.1) is 6.92 Å². The van der Waals surface area contributed by atoms with Crippen molar-refractivity contribution in [3.05, 3.63) is 130 Å². The SMILES string of the molecule is Cc1c(C(=O)N(C)c2ccc(O)cc2)cc(-c2cc3c(cc2C(=O)N2Cc4ccccc4C[C@H]2C)CN(C(=O)Oc2cnc4[nH]ccc4c2)CC3)n1C. The molecule has 0 saturated heterocycles. The Labute approximate surface area is 307 Å². The standard InChI is InChI=1S/C42H40N6O5/c1-25-17-27-7-5-6-8-30(27)24-48(25)41(51)37-20-31-23-47(42(52)53-34-18-29-13-15-43-39(29)44-22-34)16-14-28(31)19-36(37)38-21-35(26(2)45(38)3)40(50)46(4)32-9-11-33(49)12-10-32/h5-13,15,18-22,25,49H,14,16-17,23-24H2,1-4H3,(H,43,44)/t25-/m1/s1. The second-order valence-electron chi connectivity index (χ2n) is 14.0. The van der Waals surface area contributed by atoms with Gasteiger partial charge in [0.2, 0.25) is 0 Å². The predicted molar refractivity (Wildman–Crippen MR) is 202 cm³/mol. The molecule has 53 heavy (non-hydrogen) atoms. The van der Waals surface area contributed by atoms with Gasteiger partial charge in [-0.1, -0.05) is 24.3 Å². The third-order valence-electron chi connectivity index (χ3n) is 10.8. The molecular weight excluding hydrogens is 668 g/mol. The normalized spacial score (nSPS) is 15.2. The highest BCUT2D eigenvalue weighted by molar-refractivity contribution is 6.08. The summed E-state index contributed by atoms with van der Waals surface area (Å²) in [5.41, 5.74) is 8.89. The largest absolute Gasteiger partial charge is 0.508 e. The lowest BCUT2D eigenvalue weighted by Crippen LogP contribution is -2.43. The first-order valence-electron chi connectivity index (χ1n) is 17.7. The van der Waals surface area contributed by atoms with Gasteiger partial charge in [0.15, 0.2) is 5.75 Å². The van der Waals surface area contributed by atoms with Gasteiger partial charge in [-0.2, -0.15) is 0 Å². The Hall–Kier alpha value is -6.36. The second-order valence-corrected chi connectivity index (χ2v) is 14.0. The summed E-state index contributed by atoms with van der Waals surface area (Å²) >= 11 is 0. The number of phenols is 1. The number of pyridine rings is 1. The van der Waals surface area contributed by atoms with Gasteiger partial charge in [-0.05, 0) is 104 Å². The smallest absolute Gasteiger partial charge is 0.415 e. The zero-order chi connectivity index (χ0) is 37.0. The van der Waals surface area contributed by atoms with Crippen LogP contribution in [0.5, 0.6) is 11.5 Å². The molecule has 5 heterocycles. The van der Waals surface area contributed by atoms with Crippen molar-refractivity contribution in [3.8, 4) is 22.8 Å². The average Bonchev–Trinajstić information content (AvgIpc) is 3.76. The number of aromatic hydroxyl groups is 1. The van der Waals surface area contributed by atoms with Crippen LogP contribution in [0.2, 0.25) is 0 Å². The number of fused-ring (bicyclic) bond motifs is 3. The van der Waals surface area contributed by atoms with Crippen molar-refractivity contribution in [2.75, 3.05) is 18.5 Å². The summed E-state index contributed by atoms with van der Waals surface area (Å²) in [6, 6.07) is 24.2. The topological polar surface area (TPSA) is 124 Å². The van der Waals surface area contributed by atoms with Crippen molar-refractivity contribution in [3.63, 3.8) is 0 Å². The molecule has 11 nitrogen and oxygen atoms in total. The Balaban J connectivity index is 1.16. The van der Waals surface area contributed by atoms with Gasteiger partial charge < -0.3 is 34.1 Å². The number of hydrogen-bond donors (Lipinski definition) is 2. The maximum Gasteiger partial charge on any atom is 0.415 e. The van der Waals surface area contributed by atoms with Crippen LogP contribution in [0.1, 0.15) is 55.6 Å². The Kier molecular flexibility index (Phi) is 8.48. The molecule has 2 N–H and O–H groups in total. The summed E-state index contributed by atoms with van der Waals surface area (Å²) < 4.78 is 7.72. The maximum absolute atomic E-state index is 14.8. The first kappa shape index (κ1) is 33.8. The summed E-state index contributed by atoms with van der Waals surface area (Å²) in [4.78, 5) is 54.7. The number of amides is 3. The minimum absolute atomic E-state index is 0.0371. The quantitative estimate of drug-likeness (QED) is 0.199. The third-order valence-corrected chi connectivity index (χ3v) is 10.8. The van der Waals surface area contributed by atoms with E-state index in [1.165, 1.54) is 11.8 Å². The van der Waals surface area contributed by atoms with E-state index in [4.69, 9.17) is 4.74 Å². The van der Waals surface area contributed by atoms with Crippen LogP contribution in [0.15, 0.2) is 91.3 Å². The lowest BCUT2D eigenvalue weighted by atomic mass is 9.90. The number of rotatable bonds is 5. The van der Waals surface area contributed by atoms with Gasteiger partial charge in [0, 0.05) is 79.6 Å². The van der Waals surface area contributed by atoms with E-state index in [0.717, 1.165) is 45.4 Å². The van der Waals surface area contributed by atoms with Crippen LogP contribution in [0.4, 0.5) is 10.5 Å². The van der Waals surface area contributed by atoms with Gasteiger partial charge in [0.1, 0.15) is 11.4 Å². The van der Waals surface area contributed by atoms with Crippen LogP contribution in [-0.2, 0) is 33.0 Å². The minimum Gasteiger partial charge on any atom is -0.508 e. The lowest BCUT2D eigenvalue weighted by molar-refractivity contribution is 0.0658. The fourth-order valence-electron chi connectivity index (χ4n) is 7.55. The number of H-pyrrole nitrogens is 1. The Morgan fingerprint density at radius 1 is 0.925 bits per heavy atom. The van der Waals surface area contributed by atoms with Crippen LogP contribution < -0.4 is 9.64 Å². The monoisotopic (exact) mass is 708 g/mol. The molecule has 0 bridgehead atoms. The van der Waals surface area contributed by atoms with Crippen molar-refractivity contribution in [1.82, 2.24) is 24.3 Å². The minimum atomic E-state index is -0.482. The van der Waals surface area contributed by atoms with Crippen LogP contribution >= 0.6 is 0 Å². The molecule has 11 heteroatoms.